The number of anilines is 1. The highest BCUT2D eigenvalue weighted by atomic mass is 32.2. The minimum atomic E-state index is -3.17. The lowest BCUT2D eigenvalue weighted by molar-refractivity contribution is 0.110. The molecule has 1 aromatic heterocycles. The summed E-state index contributed by atoms with van der Waals surface area (Å²) in [4.78, 5) is 10.9. The van der Waals surface area contributed by atoms with E-state index in [2.05, 4.69) is 14.9 Å². The van der Waals surface area contributed by atoms with E-state index < -0.39 is 10.0 Å². The molecule has 2 saturated heterocycles. The summed E-state index contributed by atoms with van der Waals surface area (Å²) in [5.74, 6) is 1.65. The van der Waals surface area contributed by atoms with Crippen molar-refractivity contribution in [1.29, 1.82) is 0 Å². The van der Waals surface area contributed by atoms with Gasteiger partial charge >= 0.3 is 0 Å². The number of aromatic nitrogens is 2. The summed E-state index contributed by atoms with van der Waals surface area (Å²) in [5, 5.41) is -0.372. The highest BCUT2D eigenvalue weighted by Crippen LogP contribution is 2.27. The second kappa shape index (κ2) is 8.28. The lowest BCUT2D eigenvalue weighted by atomic mass is 9.93. The molecule has 8 nitrogen and oxygen atoms in total. The summed E-state index contributed by atoms with van der Waals surface area (Å²) in [6.07, 6.45) is 5.98. The molecule has 2 fully saturated rings. The van der Waals surface area contributed by atoms with Gasteiger partial charge in [0.2, 0.25) is 16.0 Å². The predicted molar refractivity (Wildman–Crippen MR) is 105 cm³/mol. The van der Waals surface area contributed by atoms with Crippen molar-refractivity contribution < 1.29 is 13.2 Å². The van der Waals surface area contributed by atoms with E-state index in [1.165, 1.54) is 0 Å². The third-order valence-corrected chi connectivity index (χ3v) is 7.84. The first-order chi connectivity index (χ1) is 12.8. The average molecular weight is 398 g/mol. The van der Waals surface area contributed by atoms with Crippen molar-refractivity contribution in [3.63, 3.8) is 0 Å². The Morgan fingerprint density at radius 2 is 1.74 bits per heavy atom. The van der Waals surface area contributed by atoms with Gasteiger partial charge in [0, 0.05) is 32.2 Å². The average Bonchev–Trinajstić information content (AvgIpc) is 3.08. The number of ether oxygens (including phenoxy) is 1. The molecule has 0 aliphatic carbocycles. The van der Waals surface area contributed by atoms with Gasteiger partial charge in [0.15, 0.2) is 5.75 Å². The van der Waals surface area contributed by atoms with E-state index in [-0.39, 0.29) is 17.4 Å². The van der Waals surface area contributed by atoms with Gasteiger partial charge in [0.05, 0.1) is 23.7 Å². The first kappa shape index (κ1) is 20.3. The summed E-state index contributed by atoms with van der Waals surface area (Å²) < 4.78 is 32.2. The smallest absolute Gasteiger partial charge is 0.225 e. The van der Waals surface area contributed by atoms with Gasteiger partial charge < -0.3 is 15.4 Å². The molecule has 0 saturated carbocycles. The van der Waals surface area contributed by atoms with E-state index in [0.717, 1.165) is 32.4 Å². The molecule has 0 aromatic carbocycles. The third kappa shape index (κ3) is 4.70. The van der Waals surface area contributed by atoms with E-state index in [9.17, 15) is 8.42 Å². The molecule has 0 unspecified atom stereocenters. The maximum absolute atomic E-state index is 12.3. The molecule has 0 bridgehead atoms. The number of rotatable bonds is 6. The lowest BCUT2D eigenvalue weighted by Crippen LogP contribution is -2.44. The molecule has 0 radical (unpaired) electrons. The topological polar surface area (TPSA) is 102 Å². The van der Waals surface area contributed by atoms with E-state index in [0.29, 0.717) is 30.7 Å². The van der Waals surface area contributed by atoms with Gasteiger partial charge in [0.1, 0.15) is 0 Å². The highest BCUT2D eigenvalue weighted by molar-refractivity contribution is 7.89. The van der Waals surface area contributed by atoms with Gasteiger partial charge in [-0.15, -0.1) is 0 Å². The normalized spacial score (nSPS) is 23.7. The van der Waals surface area contributed by atoms with Gasteiger partial charge in [-0.25, -0.2) is 22.7 Å². The Balaban J connectivity index is 1.52. The molecule has 2 aliphatic heterocycles. The van der Waals surface area contributed by atoms with Gasteiger partial charge in [-0.2, -0.15) is 0 Å². The molecular formula is C18H31N5O3S. The molecule has 2 atom stereocenters. The Kier molecular flexibility index (Phi) is 6.22. The quantitative estimate of drug-likeness (QED) is 0.770. The first-order valence-electron chi connectivity index (χ1n) is 9.75. The molecular weight excluding hydrogens is 366 g/mol. The summed E-state index contributed by atoms with van der Waals surface area (Å²) >= 11 is 0. The number of hydrogen-bond acceptors (Lipinski definition) is 7. The Hall–Kier alpha value is -1.45. The Bertz CT molecular complexity index is 717. The van der Waals surface area contributed by atoms with Crippen molar-refractivity contribution in [3.05, 3.63) is 12.4 Å². The van der Waals surface area contributed by atoms with E-state index >= 15 is 0 Å². The SMILES string of the molecule is CC(C)S(=O)(=O)N1CCC([C@H](C)Oc2cnc(N3CC[C@@H](N)C3)nc2)CC1. The number of nitrogens with two attached hydrogens (primary N) is 1. The minimum absolute atomic E-state index is 0.0106. The lowest BCUT2D eigenvalue weighted by Gasteiger charge is -2.34. The predicted octanol–water partition coefficient (Wildman–Crippen LogP) is 1.23. The Morgan fingerprint density at radius 1 is 1.11 bits per heavy atom. The van der Waals surface area contributed by atoms with Crippen molar-refractivity contribution in [2.45, 2.75) is 57.4 Å². The largest absolute Gasteiger partial charge is 0.487 e. The number of nitrogens with zero attached hydrogens (tertiary/aromatic N) is 4. The highest BCUT2D eigenvalue weighted by Gasteiger charge is 2.32. The van der Waals surface area contributed by atoms with E-state index in [1.807, 2.05) is 6.92 Å². The zero-order valence-corrected chi connectivity index (χ0v) is 17.2. The van der Waals surface area contributed by atoms with Crippen LogP contribution in [0.25, 0.3) is 0 Å². The fourth-order valence-electron chi connectivity index (χ4n) is 3.71. The van der Waals surface area contributed by atoms with Crippen LogP contribution in [-0.4, -0.2) is 66.3 Å². The van der Waals surface area contributed by atoms with Gasteiger partial charge in [-0.05, 0) is 46.0 Å². The third-order valence-electron chi connectivity index (χ3n) is 5.56. The van der Waals surface area contributed by atoms with Gasteiger partial charge in [0.25, 0.3) is 0 Å². The summed E-state index contributed by atoms with van der Waals surface area (Å²) in [5.41, 5.74) is 5.93. The molecule has 152 valence electrons. The van der Waals surface area contributed by atoms with E-state index in [1.54, 1.807) is 30.5 Å². The van der Waals surface area contributed by atoms with Crippen LogP contribution in [-0.2, 0) is 10.0 Å². The van der Waals surface area contributed by atoms with Crippen molar-refractivity contribution >= 4 is 16.0 Å². The standard InChI is InChI=1S/C18H31N5O3S/c1-13(2)27(24,25)23-8-4-15(5-9-23)14(3)26-17-10-20-18(21-11-17)22-7-6-16(19)12-22/h10-11,13-16H,4-9,12,19H2,1-3H3/t14-,16+/m0/s1. The number of piperidine rings is 1. The van der Waals surface area contributed by atoms with Crippen LogP contribution in [0.2, 0.25) is 0 Å². The molecule has 9 heteroatoms. The van der Waals surface area contributed by atoms with Crippen LogP contribution in [0.5, 0.6) is 5.75 Å². The van der Waals surface area contributed by atoms with Crippen LogP contribution < -0.4 is 15.4 Å². The fraction of sp³-hybridized carbons (Fsp3) is 0.778. The summed E-state index contributed by atoms with van der Waals surface area (Å²) in [6.45, 7) is 8.28. The number of sulfonamides is 1. The molecule has 1 aromatic rings. The van der Waals surface area contributed by atoms with Crippen LogP contribution in [0.3, 0.4) is 0 Å². The molecule has 2 aliphatic rings. The number of hydrogen-bond donors (Lipinski definition) is 1. The molecule has 0 spiro atoms. The second-order valence-electron chi connectivity index (χ2n) is 7.87. The van der Waals surface area contributed by atoms with Crippen molar-refractivity contribution in [2.75, 3.05) is 31.1 Å². The molecule has 3 heterocycles. The Morgan fingerprint density at radius 3 is 2.26 bits per heavy atom. The van der Waals surface area contributed by atoms with Crippen molar-refractivity contribution in [2.24, 2.45) is 11.7 Å². The summed E-state index contributed by atoms with van der Waals surface area (Å²) in [7, 11) is -3.17. The zero-order valence-electron chi connectivity index (χ0n) is 16.4. The monoisotopic (exact) mass is 397 g/mol. The molecule has 2 N–H and O–H groups in total. The first-order valence-corrected chi connectivity index (χ1v) is 11.3. The summed E-state index contributed by atoms with van der Waals surface area (Å²) in [6, 6.07) is 0.190. The maximum atomic E-state index is 12.3. The van der Waals surface area contributed by atoms with Crippen molar-refractivity contribution in [1.82, 2.24) is 14.3 Å². The van der Waals surface area contributed by atoms with Crippen LogP contribution in [0.15, 0.2) is 12.4 Å². The van der Waals surface area contributed by atoms with Crippen LogP contribution in [0, 0.1) is 5.92 Å². The zero-order chi connectivity index (χ0) is 19.6. The van der Waals surface area contributed by atoms with Crippen LogP contribution in [0.4, 0.5) is 5.95 Å². The van der Waals surface area contributed by atoms with Gasteiger partial charge in [-0.1, -0.05) is 0 Å². The Labute approximate surface area is 162 Å². The van der Waals surface area contributed by atoms with Gasteiger partial charge in [-0.3, -0.25) is 0 Å². The van der Waals surface area contributed by atoms with Crippen molar-refractivity contribution in [3.8, 4) is 5.75 Å². The van der Waals surface area contributed by atoms with E-state index in [4.69, 9.17) is 10.5 Å². The molecule has 27 heavy (non-hydrogen) atoms. The second-order valence-corrected chi connectivity index (χ2v) is 10.4. The fourth-order valence-corrected chi connectivity index (χ4v) is 5.03. The molecule has 0 amide bonds. The van der Waals surface area contributed by atoms with Crippen LogP contribution >= 0.6 is 0 Å². The van der Waals surface area contributed by atoms with Crippen LogP contribution in [0.1, 0.15) is 40.0 Å². The molecule has 3 rings (SSSR count). The maximum Gasteiger partial charge on any atom is 0.225 e. The minimum Gasteiger partial charge on any atom is -0.487 e.